The fourth-order valence-corrected chi connectivity index (χ4v) is 5.07. The number of ether oxygens (including phenoxy) is 1. The molecule has 0 bridgehead atoms. The maximum atomic E-state index is 12.4. The summed E-state index contributed by atoms with van der Waals surface area (Å²) in [5.41, 5.74) is 1.68. The smallest absolute Gasteiger partial charge is 0.259 e. The van der Waals surface area contributed by atoms with Gasteiger partial charge in [0.2, 0.25) is 5.88 Å². The van der Waals surface area contributed by atoms with Crippen LogP contribution in [0.1, 0.15) is 40.2 Å². The lowest BCUT2D eigenvalue weighted by Gasteiger charge is -2.11. The number of thiazole rings is 1. The molecule has 1 fully saturated rings. The molecule has 24 heavy (non-hydrogen) atoms. The lowest BCUT2D eigenvalue weighted by molar-refractivity contribution is 0.102. The zero-order valence-corrected chi connectivity index (χ0v) is 14.9. The molecule has 1 aliphatic carbocycles. The average molecular weight is 361 g/mol. The second-order valence-corrected chi connectivity index (χ2v) is 8.27. The minimum absolute atomic E-state index is 0.170. The number of hydrogen-bond donors (Lipinski definition) is 1. The summed E-state index contributed by atoms with van der Waals surface area (Å²) in [6.45, 7) is 0. The fraction of sp³-hybridized carbons (Fsp3) is 0.471. The largest absolute Gasteiger partial charge is 0.473 e. The van der Waals surface area contributed by atoms with Gasteiger partial charge in [0, 0.05) is 22.9 Å². The Morgan fingerprint density at radius 3 is 2.96 bits per heavy atom. The molecule has 1 unspecified atom stereocenters. The molecule has 0 saturated carbocycles. The highest BCUT2D eigenvalue weighted by molar-refractivity contribution is 7.99. The summed E-state index contributed by atoms with van der Waals surface area (Å²) in [6, 6.07) is 3.53. The van der Waals surface area contributed by atoms with Gasteiger partial charge < -0.3 is 4.74 Å². The van der Waals surface area contributed by atoms with E-state index >= 15 is 0 Å². The maximum absolute atomic E-state index is 12.4. The molecule has 1 aliphatic heterocycles. The standard InChI is InChI=1S/C17H19N3O2S2/c21-16(20-17-19-13-3-1-2-4-14(13)24-17)11-5-6-15(18-9-11)22-12-7-8-23-10-12/h5-6,9,12H,1-4,7-8,10H2,(H,19,20,21). The highest BCUT2D eigenvalue weighted by Crippen LogP contribution is 2.29. The molecular weight excluding hydrogens is 342 g/mol. The number of anilines is 1. The first kappa shape index (κ1) is 15.9. The van der Waals surface area contributed by atoms with Crippen LogP contribution < -0.4 is 10.1 Å². The van der Waals surface area contributed by atoms with Gasteiger partial charge in [0.25, 0.3) is 5.91 Å². The van der Waals surface area contributed by atoms with E-state index in [1.165, 1.54) is 17.7 Å². The lowest BCUT2D eigenvalue weighted by atomic mass is 10.0. The number of hydrogen-bond acceptors (Lipinski definition) is 6. The molecule has 0 aromatic carbocycles. The van der Waals surface area contributed by atoms with Crippen molar-refractivity contribution >= 4 is 34.1 Å². The number of aromatic nitrogens is 2. The van der Waals surface area contributed by atoms with Gasteiger partial charge in [-0.05, 0) is 43.9 Å². The Hall–Kier alpha value is -1.60. The van der Waals surface area contributed by atoms with Crippen molar-refractivity contribution in [3.8, 4) is 5.88 Å². The molecule has 4 rings (SSSR count). The van der Waals surface area contributed by atoms with Gasteiger partial charge in [-0.2, -0.15) is 11.8 Å². The van der Waals surface area contributed by atoms with Crippen LogP contribution in [0, 0.1) is 0 Å². The fourth-order valence-electron chi connectivity index (χ4n) is 2.94. The molecule has 1 saturated heterocycles. The van der Waals surface area contributed by atoms with E-state index in [1.54, 1.807) is 29.7 Å². The number of nitrogens with one attached hydrogen (secondary N) is 1. The molecule has 0 spiro atoms. The van der Waals surface area contributed by atoms with Crippen molar-refractivity contribution in [2.75, 3.05) is 16.8 Å². The molecule has 7 heteroatoms. The molecule has 1 N–H and O–H groups in total. The number of pyridine rings is 1. The van der Waals surface area contributed by atoms with Crippen molar-refractivity contribution in [1.82, 2.24) is 9.97 Å². The summed E-state index contributed by atoms with van der Waals surface area (Å²) < 4.78 is 5.81. The van der Waals surface area contributed by atoms with E-state index < -0.39 is 0 Å². The Balaban J connectivity index is 1.39. The number of rotatable bonds is 4. The van der Waals surface area contributed by atoms with Crippen LogP contribution in [0.25, 0.3) is 0 Å². The molecular formula is C17H19N3O2S2. The SMILES string of the molecule is O=C(Nc1nc2c(s1)CCCC2)c1ccc(OC2CCSC2)nc1. The van der Waals surface area contributed by atoms with E-state index in [0.717, 1.165) is 36.5 Å². The molecule has 5 nitrogen and oxygen atoms in total. The van der Waals surface area contributed by atoms with Crippen LogP contribution >= 0.6 is 23.1 Å². The molecule has 0 radical (unpaired) electrons. The zero-order chi connectivity index (χ0) is 16.4. The molecule has 1 amide bonds. The van der Waals surface area contributed by atoms with Crippen molar-refractivity contribution in [3.63, 3.8) is 0 Å². The highest BCUT2D eigenvalue weighted by Gasteiger charge is 2.19. The number of thioether (sulfide) groups is 1. The van der Waals surface area contributed by atoms with E-state index in [4.69, 9.17) is 4.74 Å². The molecule has 2 aliphatic rings. The van der Waals surface area contributed by atoms with Gasteiger partial charge in [0.15, 0.2) is 5.13 Å². The zero-order valence-electron chi connectivity index (χ0n) is 13.3. The predicted molar refractivity (Wildman–Crippen MR) is 97.3 cm³/mol. The lowest BCUT2D eigenvalue weighted by Crippen LogP contribution is -2.16. The van der Waals surface area contributed by atoms with Crippen LogP contribution in [-0.4, -0.2) is 33.5 Å². The van der Waals surface area contributed by atoms with E-state index in [9.17, 15) is 4.79 Å². The van der Waals surface area contributed by atoms with E-state index in [-0.39, 0.29) is 12.0 Å². The van der Waals surface area contributed by atoms with Gasteiger partial charge in [-0.15, -0.1) is 11.3 Å². The number of nitrogens with zero attached hydrogens (tertiary/aromatic N) is 2. The quantitative estimate of drug-likeness (QED) is 0.902. The van der Waals surface area contributed by atoms with Crippen LogP contribution in [0.5, 0.6) is 5.88 Å². The third kappa shape index (κ3) is 3.57. The van der Waals surface area contributed by atoms with Crippen molar-refractivity contribution in [3.05, 3.63) is 34.5 Å². The van der Waals surface area contributed by atoms with Gasteiger partial charge in [-0.1, -0.05) is 0 Å². The second kappa shape index (κ2) is 7.11. The summed E-state index contributed by atoms with van der Waals surface area (Å²) in [7, 11) is 0. The van der Waals surface area contributed by atoms with Crippen molar-refractivity contribution < 1.29 is 9.53 Å². The summed E-state index contributed by atoms with van der Waals surface area (Å²) >= 11 is 3.49. The van der Waals surface area contributed by atoms with Crippen molar-refractivity contribution in [1.29, 1.82) is 0 Å². The minimum Gasteiger partial charge on any atom is -0.473 e. The monoisotopic (exact) mass is 361 g/mol. The van der Waals surface area contributed by atoms with Gasteiger partial charge in [-0.3, -0.25) is 10.1 Å². The Kier molecular flexibility index (Phi) is 4.71. The highest BCUT2D eigenvalue weighted by atomic mass is 32.2. The van der Waals surface area contributed by atoms with Crippen molar-refractivity contribution in [2.24, 2.45) is 0 Å². The van der Waals surface area contributed by atoms with Gasteiger partial charge >= 0.3 is 0 Å². The first-order valence-corrected chi connectivity index (χ1v) is 10.3. The van der Waals surface area contributed by atoms with Crippen LogP contribution in [-0.2, 0) is 12.8 Å². The topological polar surface area (TPSA) is 64.1 Å². The average Bonchev–Trinajstić information content (AvgIpc) is 3.24. The maximum Gasteiger partial charge on any atom is 0.259 e. The third-order valence-electron chi connectivity index (χ3n) is 4.24. The predicted octanol–water partition coefficient (Wildman–Crippen LogP) is 3.55. The first-order chi connectivity index (χ1) is 11.8. The minimum atomic E-state index is -0.170. The van der Waals surface area contributed by atoms with Crippen LogP contribution in [0.15, 0.2) is 18.3 Å². The van der Waals surface area contributed by atoms with E-state index in [0.29, 0.717) is 16.6 Å². The molecule has 1 atom stereocenters. The Bertz CT molecular complexity index is 700. The Morgan fingerprint density at radius 2 is 2.21 bits per heavy atom. The second-order valence-electron chi connectivity index (χ2n) is 6.04. The number of aryl methyl sites for hydroxylation is 2. The van der Waals surface area contributed by atoms with Gasteiger partial charge in [0.1, 0.15) is 6.10 Å². The summed E-state index contributed by atoms with van der Waals surface area (Å²) in [5.74, 6) is 2.57. The van der Waals surface area contributed by atoms with Crippen LogP contribution in [0.4, 0.5) is 5.13 Å². The van der Waals surface area contributed by atoms with Gasteiger partial charge in [-0.25, -0.2) is 9.97 Å². The summed E-state index contributed by atoms with van der Waals surface area (Å²) in [4.78, 5) is 22.5. The number of carbonyl (C=O) groups is 1. The van der Waals surface area contributed by atoms with Crippen LogP contribution in [0.3, 0.4) is 0 Å². The van der Waals surface area contributed by atoms with Gasteiger partial charge in [0.05, 0.1) is 11.3 Å². The normalized spacial score (nSPS) is 19.8. The molecule has 2 aromatic heterocycles. The molecule has 2 aromatic rings. The van der Waals surface area contributed by atoms with E-state index in [1.807, 2.05) is 11.8 Å². The van der Waals surface area contributed by atoms with E-state index in [2.05, 4.69) is 15.3 Å². The number of fused-ring (bicyclic) bond motifs is 1. The molecule has 126 valence electrons. The number of carbonyl (C=O) groups excluding carboxylic acids is 1. The summed E-state index contributed by atoms with van der Waals surface area (Å²) in [5, 5.41) is 3.58. The van der Waals surface area contributed by atoms with Crippen LogP contribution in [0.2, 0.25) is 0 Å². The third-order valence-corrected chi connectivity index (χ3v) is 6.44. The Morgan fingerprint density at radius 1 is 1.29 bits per heavy atom. The van der Waals surface area contributed by atoms with Crippen molar-refractivity contribution in [2.45, 2.75) is 38.2 Å². The molecule has 3 heterocycles. The Labute approximate surface area is 149 Å². The number of amides is 1. The summed E-state index contributed by atoms with van der Waals surface area (Å²) in [6.07, 6.45) is 7.38. The first-order valence-electron chi connectivity index (χ1n) is 8.28.